The Kier molecular flexibility index (Phi) is 2.72. The molecule has 1 aliphatic rings. The van der Waals surface area contributed by atoms with Gasteiger partial charge in [-0.1, -0.05) is 0 Å². The van der Waals surface area contributed by atoms with Crippen LogP contribution in [0.2, 0.25) is 0 Å². The molecule has 0 unspecified atom stereocenters. The Morgan fingerprint density at radius 3 is 2.18 bits per heavy atom. The van der Waals surface area contributed by atoms with Crippen LogP contribution in [0.25, 0.3) is 0 Å². The van der Waals surface area contributed by atoms with Crippen LogP contribution in [-0.4, -0.2) is 0 Å². The fraction of sp³-hybridized carbons (Fsp3) is 0.231. The second-order valence-electron chi connectivity index (χ2n) is 3.87. The van der Waals surface area contributed by atoms with Crippen molar-refractivity contribution in [1.29, 1.82) is 10.5 Å². The summed E-state index contributed by atoms with van der Waals surface area (Å²) < 4.78 is 5.34. The Morgan fingerprint density at radius 2 is 1.76 bits per heavy atom. The molecule has 4 heteroatoms. The third-order valence-corrected chi connectivity index (χ3v) is 2.83. The molecule has 1 aromatic heterocycles. The first-order chi connectivity index (χ1) is 8.19. The zero-order valence-electron chi connectivity index (χ0n) is 9.61. The lowest BCUT2D eigenvalue weighted by atomic mass is 9.85. The van der Waals surface area contributed by atoms with E-state index in [9.17, 15) is 10.5 Å². The Labute approximate surface area is 99.5 Å². The zero-order chi connectivity index (χ0) is 12.4. The van der Waals surface area contributed by atoms with Gasteiger partial charge in [-0.2, -0.15) is 10.5 Å². The molecule has 0 saturated carbocycles. The van der Waals surface area contributed by atoms with Crippen molar-refractivity contribution in [2.24, 2.45) is 0 Å². The molecule has 1 N–H and O–H groups in total. The first-order valence-corrected chi connectivity index (χ1v) is 5.21. The van der Waals surface area contributed by atoms with Crippen molar-refractivity contribution in [3.8, 4) is 12.1 Å². The van der Waals surface area contributed by atoms with Gasteiger partial charge in [-0.3, -0.25) is 0 Å². The number of rotatable bonds is 1. The summed E-state index contributed by atoms with van der Waals surface area (Å²) in [6, 6.07) is 7.84. The van der Waals surface area contributed by atoms with Crippen LogP contribution in [0.15, 0.2) is 45.4 Å². The topological polar surface area (TPSA) is 72.8 Å². The van der Waals surface area contributed by atoms with Crippen LogP contribution >= 0.6 is 0 Å². The van der Waals surface area contributed by atoms with Crippen molar-refractivity contribution < 1.29 is 4.42 Å². The van der Waals surface area contributed by atoms with Crippen LogP contribution in [-0.2, 0) is 0 Å². The van der Waals surface area contributed by atoms with E-state index in [1.807, 2.05) is 13.8 Å². The molecular weight excluding hydrogens is 214 g/mol. The van der Waals surface area contributed by atoms with E-state index in [2.05, 4.69) is 17.5 Å². The molecule has 0 fully saturated rings. The van der Waals surface area contributed by atoms with Gasteiger partial charge < -0.3 is 9.73 Å². The van der Waals surface area contributed by atoms with Gasteiger partial charge in [-0.05, 0) is 26.0 Å². The van der Waals surface area contributed by atoms with Crippen LogP contribution < -0.4 is 5.32 Å². The van der Waals surface area contributed by atoms with Gasteiger partial charge in [0.05, 0.1) is 35.5 Å². The van der Waals surface area contributed by atoms with Crippen molar-refractivity contribution in [3.63, 3.8) is 0 Å². The zero-order valence-corrected chi connectivity index (χ0v) is 9.61. The summed E-state index contributed by atoms with van der Waals surface area (Å²) in [6.07, 6.45) is 1.55. The van der Waals surface area contributed by atoms with E-state index in [1.165, 1.54) is 0 Å². The fourth-order valence-electron chi connectivity index (χ4n) is 2.03. The van der Waals surface area contributed by atoms with Crippen molar-refractivity contribution in [2.75, 3.05) is 0 Å². The highest BCUT2D eigenvalue weighted by Crippen LogP contribution is 2.37. The maximum absolute atomic E-state index is 9.21. The Morgan fingerprint density at radius 1 is 1.18 bits per heavy atom. The molecule has 2 rings (SSSR count). The lowest BCUT2D eigenvalue weighted by molar-refractivity contribution is 0.499. The molecular formula is C13H11N3O. The number of nitrogens with one attached hydrogen (secondary N) is 1. The Balaban J connectivity index is 2.61. The minimum Gasteiger partial charge on any atom is -0.468 e. The number of furan rings is 1. The highest BCUT2D eigenvalue weighted by atomic mass is 16.3. The highest BCUT2D eigenvalue weighted by Gasteiger charge is 2.30. The summed E-state index contributed by atoms with van der Waals surface area (Å²) >= 11 is 0. The molecule has 0 amide bonds. The summed E-state index contributed by atoms with van der Waals surface area (Å²) in [5, 5.41) is 21.5. The van der Waals surface area contributed by atoms with Gasteiger partial charge in [-0.25, -0.2) is 0 Å². The van der Waals surface area contributed by atoms with E-state index < -0.39 is 0 Å². The number of nitriles is 2. The molecule has 0 radical (unpaired) electrons. The smallest absolute Gasteiger partial charge is 0.117 e. The monoisotopic (exact) mass is 225 g/mol. The van der Waals surface area contributed by atoms with Gasteiger partial charge in [0.1, 0.15) is 5.76 Å². The number of allylic oxidation sites excluding steroid dienone is 4. The van der Waals surface area contributed by atoms with Gasteiger partial charge in [0.25, 0.3) is 0 Å². The maximum atomic E-state index is 9.21. The third-order valence-electron chi connectivity index (χ3n) is 2.83. The predicted octanol–water partition coefficient (Wildman–Crippen LogP) is 2.56. The van der Waals surface area contributed by atoms with Gasteiger partial charge in [0, 0.05) is 11.4 Å². The molecule has 1 aliphatic heterocycles. The van der Waals surface area contributed by atoms with Crippen LogP contribution in [0, 0.1) is 22.7 Å². The molecule has 0 saturated heterocycles. The maximum Gasteiger partial charge on any atom is 0.117 e. The van der Waals surface area contributed by atoms with Crippen LogP contribution in [0.4, 0.5) is 0 Å². The number of hydrogen-bond donors (Lipinski definition) is 1. The van der Waals surface area contributed by atoms with E-state index >= 15 is 0 Å². The van der Waals surface area contributed by atoms with Gasteiger partial charge >= 0.3 is 0 Å². The second-order valence-corrected chi connectivity index (χ2v) is 3.87. The van der Waals surface area contributed by atoms with Crippen LogP contribution in [0.3, 0.4) is 0 Å². The van der Waals surface area contributed by atoms with Crippen molar-refractivity contribution in [1.82, 2.24) is 5.32 Å². The van der Waals surface area contributed by atoms with Gasteiger partial charge in [0.15, 0.2) is 0 Å². The average molecular weight is 225 g/mol. The minimum absolute atomic E-state index is 0.388. The van der Waals surface area contributed by atoms with Crippen molar-refractivity contribution >= 4 is 0 Å². The third kappa shape index (κ3) is 1.70. The molecule has 4 nitrogen and oxygen atoms in total. The largest absolute Gasteiger partial charge is 0.468 e. The van der Waals surface area contributed by atoms with E-state index in [0.29, 0.717) is 16.9 Å². The van der Waals surface area contributed by atoms with E-state index in [-0.39, 0.29) is 5.92 Å². The lowest BCUT2D eigenvalue weighted by Crippen LogP contribution is -2.23. The van der Waals surface area contributed by atoms with E-state index in [1.54, 1.807) is 18.4 Å². The normalized spacial score (nSPS) is 16.5. The molecule has 0 spiro atoms. The molecule has 0 bridgehead atoms. The summed E-state index contributed by atoms with van der Waals surface area (Å²) in [7, 11) is 0. The van der Waals surface area contributed by atoms with Gasteiger partial charge in [-0.15, -0.1) is 0 Å². The standard InChI is InChI=1S/C13H11N3O/c1-8-10(6-14)13(12-4-3-5-17-12)11(7-15)9(2)16-8/h3-5,13,16H,1-2H3. The van der Waals surface area contributed by atoms with Crippen molar-refractivity contribution in [3.05, 3.63) is 46.7 Å². The highest BCUT2D eigenvalue weighted by molar-refractivity contribution is 5.53. The summed E-state index contributed by atoms with van der Waals surface area (Å²) in [6.45, 7) is 3.65. The predicted molar refractivity (Wildman–Crippen MR) is 61.2 cm³/mol. The second kappa shape index (κ2) is 4.19. The van der Waals surface area contributed by atoms with Gasteiger partial charge in [0.2, 0.25) is 0 Å². The van der Waals surface area contributed by atoms with E-state index in [4.69, 9.17) is 4.42 Å². The van der Waals surface area contributed by atoms with Crippen molar-refractivity contribution in [2.45, 2.75) is 19.8 Å². The number of hydrogen-bond acceptors (Lipinski definition) is 4. The Hall–Kier alpha value is -2.46. The molecule has 0 aliphatic carbocycles. The number of nitrogens with zero attached hydrogens (tertiary/aromatic N) is 2. The van der Waals surface area contributed by atoms with Crippen LogP contribution in [0.5, 0.6) is 0 Å². The summed E-state index contributed by atoms with van der Waals surface area (Å²) in [4.78, 5) is 0. The molecule has 1 aromatic rings. The molecule has 84 valence electrons. The fourth-order valence-corrected chi connectivity index (χ4v) is 2.03. The van der Waals surface area contributed by atoms with Crippen LogP contribution in [0.1, 0.15) is 25.5 Å². The first kappa shape index (κ1) is 11.0. The first-order valence-electron chi connectivity index (χ1n) is 5.21. The SMILES string of the molecule is CC1=C(C#N)C(c2ccco2)C(C#N)=C(C)N1. The quantitative estimate of drug-likeness (QED) is 0.797. The summed E-state index contributed by atoms with van der Waals surface area (Å²) in [5.74, 6) is 0.236. The lowest BCUT2D eigenvalue weighted by Gasteiger charge is -2.24. The minimum atomic E-state index is -0.388. The molecule has 2 heterocycles. The summed E-state index contributed by atoms with van der Waals surface area (Å²) in [5.41, 5.74) is 2.60. The molecule has 17 heavy (non-hydrogen) atoms. The molecule has 0 aromatic carbocycles. The molecule has 0 atom stereocenters. The van der Waals surface area contributed by atoms with E-state index in [0.717, 1.165) is 11.4 Å². The average Bonchev–Trinajstić information content (AvgIpc) is 2.81. The Bertz CT molecular complexity index is 543. The number of dihydropyridines is 1.